The molecule has 0 aromatic heterocycles. The minimum atomic E-state index is -3.79. The van der Waals surface area contributed by atoms with Gasteiger partial charge in [0.15, 0.2) is 0 Å². The zero-order chi connectivity index (χ0) is 20.0. The minimum absolute atomic E-state index is 0.152. The van der Waals surface area contributed by atoms with Crippen molar-refractivity contribution in [3.63, 3.8) is 0 Å². The first kappa shape index (κ1) is 19.5. The highest BCUT2D eigenvalue weighted by Gasteiger charge is 2.22. The van der Waals surface area contributed by atoms with Crippen LogP contribution < -0.4 is 4.74 Å². The summed E-state index contributed by atoms with van der Waals surface area (Å²) in [5, 5.41) is 0. The number of sulfonamides is 1. The van der Waals surface area contributed by atoms with Crippen LogP contribution >= 0.6 is 0 Å². The van der Waals surface area contributed by atoms with Crippen LogP contribution in [0.3, 0.4) is 0 Å². The fourth-order valence-corrected chi connectivity index (χ4v) is 3.86. The largest absolute Gasteiger partial charge is 0.495 e. The molecule has 0 saturated heterocycles. The summed E-state index contributed by atoms with van der Waals surface area (Å²) in [5.41, 5.74) is 2.48. The standard InChI is InChI=1S/C23H21NO3S/c1-19-12-14-22(15-13-19)28(25,26)24(18-20-8-4-3-5-9-20)17-16-21-10-6-7-11-23(21)27-2/h3-15H,18H2,1-2H3. The number of aryl methyl sites for hydroxylation is 1. The Bertz CT molecular complexity index is 1100. The lowest BCUT2D eigenvalue weighted by Gasteiger charge is -2.18. The van der Waals surface area contributed by atoms with Gasteiger partial charge >= 0.3 is 0 Å². The summed E-state index contributed by atoms with van der Waals surface area (Å²) < 4.78 is 32.9. The molecule has 3 rings (SSSR count). The first-order valence-electron chi connectivity index (χ1n) is 8.79. The molecule has 3 aromatic carbocycles. The number of methoxy groups -OCH3 is 1. The molecule has 0 amide bonds. The average Bonchev–Trinajstić information content (AvgIpc) is 2.72. The van der Waals surface area contributed by atoms with Gasteiger partial charge in [-0.2, -0.15) is 0 Å². The third kappa shape index (κ3) is 4.54. The molecule has 0 aliphatic carbocycles. The summed E-state index contributed by atoms with van der Waals surface area (Å²) in [4.78, 5) is 0.211. The molecule has 0 heterocycles. The van der Waals surface area contributed by atoms with E-state index in [-0.39, 0.29) is 11.4 Å². The molecule has 0 aliphatic heterocycles. The van der Waals surface area contributed by atoms with Crippen molar-refractivity contribution in [1.29, 1.82) is 0 Å². The van der Waals surface area contributed by atoms with Crippen LogP contribution in [0.1, 0.15) is 16.7 Å². The van der Waals surface area contributed by atoms with E-state index in [1.54, 1.807) is 43.5 Å². The minimum Gasteiger partial charge on any atom is -0.495 e. The van der Waals surface area contributed by atoms with Gasteiger partial charge in [0.25, 0.3) is 10.0 Å². The van der Waals surface area contributed by atoms with Gasteiger partial charge in [-0.15, -0.1) is 0 Å². The van der Waals surface area contributed by atoms with Crippen LogP contribution in [0.2, 0.25) is 0 Å². The summed E-state index contributed by atoms with van der Waals surface area (Å²) in [7, 11) is -2.23. The highest BCUT2D eigenvalue weighted by atomic mass is 32.2. The van der Waals surface area contributed by atoms with Crippen molar-refractivity contribution >= 4 is 10.0 Å². The molecule has 0 unspecified atom stereocenters. The molecule has 0 spiro atoms. The second-order valence-corrected chi connectivity index (χ2v) is 8.11. The maximum absolute atomic E-state index is 13.2. The van der Waals surface area contributed by atoms with E-state index in [4.69, 9.17) is 4.74 Å². The van der Waals surface area contributed by atoms with E-state index in [9.17, 15) is 8.42 Å². The van der Waals surface area contributed by atoms with Gasteiger partial charge in [-0.25, -0.2) is 12.7 Å². The zero-order valence-corrected chi connectivity index (χ0v) is 16.6. The monoisotopic (exact) mass is 391 g/mol. The molecule has 4 nitrogen and oxygen atoms in total. The van der Waals surface area contributed by atoms with Crippen LogP contribution in [0.15, 0.2) is 83.8 Å². The maximum Gasteiger partial charge on any atom is 0.271 e. The summed E-state index contributed by atoms with van der Waals surface area (Å²) in [5.74, 6) is 3.54. The Balaban J connectivity index is 2.03. The second-order valence-electron chi connectivity index (χ2n) is 6.25. The lowest BCUT2D eigenvalue weighted by molar-refractivity contribution is 0.413. The number of rotatable bonds is 5. The van der Waals surface area contributed by atoms with Gasteiger partial charge in [-0.3, -0.25) is 0 Å². The zero-order valence-electron chi connectivity index (χ0n) is 15.8. The Hall–Kier alpha value is -3.23. The van der Waals surface area contributed by atoms with Crippen molar-refractivity contribution in [2.24, 2.45) is 0 Å². The van der Waals surface area contributed by atoms with E-state index >= 15 is 0 Å². The van der Waals surface area contributed by atoms with Gasteiger partial charge in [0.1, 0.15) is 5.75 Å². The molecule has 142 valence electrons. The number of hydrogen-bond acceptors (Lipinski definition) is 3. The molecule has 0 N–H and O–H groups in total. The van der Waals surface area contributed by atoms with Crippen LogP contribution in [-0.4, -0.2) is 19.8 Å². The van der Waals surface area contributed by atoms with Crippen LogP contribution in [0.4, 0.5) is 0 Å². The predicted octanol–water partition coefficient (Wildman–Crippen LogP) is 4.20. The summed E-state index contributed by atoms with van der Waals surface area (Å²) in [6.07, 6.45) is 0. The van der Waals surface area contributed by atoms with Crippen LogP contribution in [0.25, 0.3) is 0 Å². The first-order valence-corrected chi connectivity index (χ1v) is 10.2. The van der Waals surface area contributed by atoms with Crippen molar-refractivity contribution in [3.8, 4) is 17.7 Å². The van der Waals surface area contributed by atoms with E-state index in [1.165, 1.54) is 4.31 Å². The van der Waals surface area contributed by atoms with Gasteiger partial charge in [0, 0.05) is 6.04 Å². The maximum atomic E-state index is 13.2. The van der Waals surface area contributed by atoms with Crippen molar-refractivity contribution in [3.05, 3.63) is 95.6 Å². The Morgan fingerprint density at radius 2 is 1.54 bits per heavy atom. The van der Waals surface area contributed by atoms with Crippen molar-refractivity contribution in [1.82, 2.24) is 4.31 Å². The topological polar surface area (TPSA) is 46.6 Å². The third-order valence-corrected chi connectivity index (χ3v) is 5.87. The number of hydrogen-bond donors (Lipinski definition) is 0. The number of benzene rings is 3. The lowest BCUT2D eigenvalue weighted by atomic mass is 10.2. The van der Waals surface area contributed by atoms with E-state index in [0.29, 0.717) is 11.3 Å². The Kier molecular flexibility index (Phi) is 6.03. The first-order chi connectivity index (χ1) is 13.5. The SMILES string of the molecule is COc1ccccc1C#CN(Cc1ccccc1)S(=O)(=O)c1ccc(C)cc1. The van der Waals surface area contributed by atoms with Crippen LogP contribution in [-0.2, 0) is 16.6 Å². The normalized spacial score (nSPS) is 10.6. The highest BCUT2D eigenvalue weighted by Crippen LogP contribution is 2.20. The van der Waals surface area contributed by atoms with Crippen LogP contribution in [0, 0.1) is 18.9 Å². The summed E-state index contributed by atoms with van der Waals surface area (Å²) in [6.45, 7) is 2.07. The fraction of sp³-hybridized carbons (Fsp3) is 0.130. The van der Waals surface area contributed by atoms with E-state index in [1.807, 2.05) is 49.4 Å². The van der Waals surface area contributed by atoms with Crippen molar-refractivity contribution in [2.45, 2.75) is 18.4 Å². The number of para-hydroxylation sites is 1. The molecule has 0 fully saturated rings. The molecule has 0 bridgehead atoms. The number of nitrogens with zero attached hydrogens (tertiary/aromatic N) is 1. The smallest absolute Gasteiger partial charge is 0.271 e. The van der Waals surface area contributed by atoms with E-state index in [0.717, 1.165) is 11.1 Å². The molecule has 0 atom stereocenters. The average molecular weight is 391 g/mol. The molecular weight excluding hydrogens is 370 g/mol. The third-order valence-electron chi connectivity index (χ3n) is 4.20. The molecule has 28 heavy (non-hydrogen) atoms. The lowest BCUT2D eigenvalue weighted by Crippen LogP contribution is -2.26. The number of ether oxygens (including phenoxy) is 1. The van der Waals surface area contributed by atoms with Gasteiger partial charge in [0.2, 0.25) is 0 Å². The van der Waals surface area contributed by atoms with Crippen LogP contribution in [0.5, 0.6) is 5.75 Å². The molecule has 0 aliphatic rings. The molecular formula is C23H21NO3S. The van der Waals surface area contributed by atoms with Crippen molar-refractivity contribution in [2.75, 3.05) is 7.11 Å². The Morgan fingerprint density at radius 3 is 2.21 bits per heavy atom. The van der Waals surface area contributed by atoms with Gasteiger partial charge < -0.3 is 4.74 Å². The van der Waals surface area contributed by atoms with Gasteiger partial charge in [-0.05, 0) is 42.7 Å². The Morgan fingerprint density at radius 1 is 0.893 bits per heavy atom. The van der Waals surface area contributed by atoms with Crippen molar-refractivity contribution < 1.29 is 13.2 Å². The van der Waals surface area contributed by atoms with Gasteiger partial charge in [0.05, 0.1) is 24.1 Å². The summed E-state index contributed by atoms with van der Waals surface area (Å²) in [6, 6.07) is 26.3. The molecule has 0 radical (unpaired) electrons. The van der Waals surface area contributed by atoms with Gasteiger partial charge in [-0.1, -0.05) is 60.2 Å². The summed E-state index contributed by atoms with van der Waals surface area (Å²) >= 11 is 0. The highest BCUT2D eigenvalue weighted by molar-refractivity contribution is 7.89. The van der Waals surface area contributed by atoms with E-state index < -0.39 is 10.0 Å². The molecule has 3 aromatic rings. The quantitative estimate of drug-likeness (QED) is 0.484. The predicted molar refractivity (Wildman–Crippen MR) is 110 cm³/mol. The Labute approximate surface area is 166 Å². The molecule has 0 saturated carbocycles. The fourth-order valence-electron chi connectivity index (χ4n) is 2.64. The van der Waals surface area contributed by atoms with E-state index in [2.05, 4.69) is 12.0 Å². The molecule has 5 heteroatoms. The second kappa shape index (κ2) is 8.64.